The van der Waals surface area contributed by atoms with Gasteiger partial charge in [0.25, 0.3) is 0 Å². The highest BCUT2D eigenvalue weighted by molar-refractivity contribution is 7.99. The predicted molar refractivity (Wildman–Crippen MR) is 116 cm³/mol. The lowest BCUT2D eigenvalue weighted by molar-refractivity contribution is 0.405. The number of rotatable bonds is 6. The Bertz CT molecular complexity index is 893. The molecule has 0 unspecified atom stereocenters. The van der Waals surface area contributed by atoms with Gasteiger partial charge >= 0.3 is 0 Å². The monoisotopic (exact) mass is 372 g/mol. The Kier molecular flexibility index (Phi) is 5.30. The molecule has 27 heavy (non-hydrogen) atoms. The van der Waals surface area contributed by atoms with Gasteiger partial charge in [0, 0.05) is 5.75 Å². The lowest BCUT2D eigenvalue weighted by Crippen LogP contribution is -2.33. The summed E-state index contributed by atoms with van der Waals surface area (Å²) in [5.41, 5.74) is 3.57. The Hall–Kier alpha value is -2.52. The van der Waals surface area contributed by atoms with Gasteiger partial charge in [-0.3, -0.25) is 4.99 Å². The van der Waals surface area contributed by atoms with E-state index in [0.717, 1.165) is 17.3 Å². The molecular weight excluding hydrogens is 348 g/mol. The molecule has 0 radical (unpaired) electrons. The zero-order valence-corrected chi connectivity index (χ0v) is 16.3. The lowest BCUT2D eigenvalue weighted by atomic mass is 9.82. The first-order chi connectivity index (χ1) is 13.3. The van der Waals surface area contributed by atoms with E-state index in [9.17, 15) is 0 Å². The molecule has 0 aliphatic carbocycles. The molecule has 0 aromatic heterocycles. The van der Waals surface area contributed by atoms with E-state index in [-0.39, 0.29) is 11.6 Å². The second-order valence-electron chi connectivity index (χ2n) is 7.04. The molecule has 1 aliphatic rings. The van der Waals surface area contributed by atoms with Crippen molar-refractivity contribution < 1.29 is 0 Å². The maximum Gasteiger partial charge on any atom is 0.109 e. The number of aliphatic imine (C=N–C) groups is 1. The van der Waals surface area contributed by atoms with Crippen LogP contribution < -0.4 is 5.32 Å². The lowest BCUT2D eigenvalue weighted by Gasteiger charge is -2.30. The van der Waals surface area contributed by atoms with Crippen LogP contribution in [-0.4, -0.2) is 11.6 Å². The van der Waals surface area contributed by atoms with Crippen LogP contribution in [0.15, 0.2) is 96.0 Å². The van der Waals surface area contributed by atoms with Gasteiger partial charge in [-0.05, 0) is 23.6 Å². The van der Waals surface area contributed by atoms with Crippen LogP contribution in [0.25, 0.3) is 0 Å². The normalized spacial score (nSPS) is 21.5. The van der Waals surface area contributed by atoms with Gasteiger partial charge in [-0.2, -0.15) is 0 Å². The van der Waals surface area contributed by atoms with Crippen LogP contribution in [0.5, 0.6) is 0 Å². The average Bonchev–Trinajstić information content (AvgIpc) is 3.08. The molecule has 0 saturated heterocycles. The minimum atomic E-state index is -0.300. The standard InChI is InChI=1S/C24H24N2S/c1-24(21-15-9-4-10-16-21)23(20-13-7-3-8-14-20)25-22(26-24)18-27-17-19-11-5-2-6-12-19/h2-16,23H,17-18H2,1H3,(H,25,26)/t23-,24+/m1/s1. The van der Waals surface area contributed by atoms with Crippen molar-refractivity contribution in [2.24, 2.45) is 4.99 Å². The second-order valence-corrected chi connectivity index (χ2v) is 8.02. The van der Waals surface area contributed by atoms with Gasteiger partial charge in [-0.25, -0.2) is 0 Å². The average molecular weight is 373 g/mol. The van der Waals surface area contributed by atoms with E-state index in [0.29, 0.717) is 0 Å². The first kappa shape index (κ1) is 17.9. The first-order valence-electron chi connectivity index (χ1n) is 9.33. The van der Waals surface area contributed by atoms with Crippen molar-refractivity contribution in [3.8, 4) is 0 Å². The Morgan fingerprint density at radius 1 is 0.815 bits per heavy atom. The van der Waals surface area contributed by atoms with Crippen LogP contribution in [0.2, 0.25) is 0 Å². The fraction of sp³-hybridized carbons (Fsp3) is 0.208. The molecule has 1 heterocycles. The fourth-order valence-electron chi connectivity index (χ4n) is 3.66. The molecule has 3 heteroatoms. The van der Waals surface area contributed by atoms with Crippen molar-refractivity contribution in [1.29, 1.82) is 0 Å². The molecule has 1 aliphatic heterocycles. The number of nitrogens with one attached hydrogen (secondary N) is 1. The minimum absolute atomic E-state index is 0.147. The van der Waals surface area contributed by atoms with Crippen molar-refractivity contribution in [1.82, 2.24) is 5.32 Å². The molecule has 1 N–H and O–H groups in total. The smallest absolute Gasteiger partial charge is 0.109 e. The van der Waals surface area contributed by atoms with Crippen molar-refractivity contribution in [2.45, 2.75) is 24.3 Å². The highest BCUT2D eigenvalue weighted by Crippen LogP contribution is 2.42. The molecular formula is C24H24N2S. The summed E-state index contributed by atoms with van der Waals surface area (Å²) in [6.45, 7) is 2.24. The zero-order valence-electron chi connectivity index (χ0n) is 15.5. The van der Waals surface area contributed by atoms with E-state index < -0.39 is 0 Å². The molecule has 2 atom stereocenters. The van der Waals surface area contributed by atoms with Gasteiger partial charge in [0.15, 0.2) is 0 Å². The Morgan fingerprint density at radius 3 is 2.07 bits per heavy atom. The van der Waals surface area contributed by atoms with Gasteiger partial charge in [0.2, 0.25) is 0 Å². The van der Waals surface area contributed by atoms with E-state index in [1.807, 2.05) is 11.8 Å². The number of hydrogen-bond donors (Lipinski definition) is 1. The quantitative estimate of drug-likeness (QED) is 0.611. The molecule has 0 amide bonds. The van der Waals surface area contributed by atoms with Crippen LogP contribution >= 0.6 is 11.8 Å². The summed E-state index contributed by atoms with van der Waals surface area (Å²) in [5.74, 6) is 2.97. The fourth-order valence-corrected chi connectivity index (χ4v) is 4.53. The van der Waals surface area contributed by atoms with Crippen LogP contribution in [-0.2, 0) is 11.3 Å². The zero-order chi connectivity index (χ0) is 18.5. The van der Waals surface area contributed by atoms with Gasteiger partial charge in [-0.15, -0.1) is 11.8 Å². The molecule has 0 saturated carbocycles. The molecule has 3 aromatic rings. The minimum Gasteiger partial charge on any atom is -0.363 e. The highest BCUT2D eigenvalue weighted by Gasteiger charge is 2.42. The topological polar surface area (TPSA) is 24.4 Å². The number of benzene rings is 3. The largest absolute Gasteiger partial charge is 0.363 e. The SMILES string of the molecule is C[C@@]1(c2ccccc2)N=C(CSCc2ccccc2)N[C@@H]1c1ccccc1. The van der Waals surface area contributed by atoms with Crippen molar-refractivity contribution in [3.63, 3.8) is 0 Å². The summed E-state index contributed by atoms with van der Waals surface area (Å²) in [5, 5.41) is 3.71. The van der Waals surface area contributed by atoms with E-state index in [1.165, 1.54) is 16.7 Å². The van der Waals surface area contributed by atoms with E-state index in [1.54, 1.807) is 0 Å². The maximum absolute atomic E-state index is 5.16. The molecule has 0 fully saturated rings. The Morgan fingerprint density at radius 2 is 1.41 bits per heavy atom. The van der Waals surface area contributed by atoms with E-state index >= 15 is 0 Å². The van der Waals surface area contributed by atoms with Crippen molar-refractivity contribution in [2.75, 3.05) is 5.75 Å². The number of hydrogen-bond acceptors (Lipinski definition) is 3. The van der Waals surface area contributed by atoms with E-state index in [2.05, 4.69) is 103 Å². The van der Waals surface area contributed by atoms with Gasteiger partial charge in [-0.1, -0.05) is 91.0 Å². The second kappa shape index (κ2) is 8.01. The predicted octanol–water partition coefficient (Wildman–Crippen LogP) is 5.58. The third-order valence-electron chi connectivity index (χ3n) is 5.08. The highest BCUT2D eigenvalue weighted by atomic mass is 32.2. The Labute approximate surface area is 165 Å². The summed E-state index contributed by atoms with van der Waals surface area (Å²) in [4.78, 5) is 5.16. The number of nitrogens with zero attached hydrogens (tertiary/aromatic N) is 1. The summed E-state index contributed by atoms with van der Waals surface area (Å²) in [6, 6.07) is 32.0. The van der Waals surface area contributed by atoms with E-state index in [4.69, 9.17) is 4.99 Å². The summed E-state index contributed by atoms with van der Waals surface area (Å²) < 4.78 is 0. The van der Waals surface area contributed by atoms with Crippen LogP contribution in [0.3, 0.4) is 0 Å². The van der Waals surface area contributed by atoms with Crippen molar-refractivity contribution in [3.05, 3.63) is 108 Å². The molecule has 0 bridgehead atoms. The maximum atomic E-state index is 5.16. The number of thioether (sulfide) groups is 1. The summed E-state index contributed by atoms with van der Waals surface area (Å²) in [6.07, 6.45) is 0. The van der Waals surface area contributed by atoms with Crippen LogP contribution in [0, 0.1) is 0 Å². The molecule has 2 nitrogen and oxygen atoms in total. The molecule has 0 spiro atoms. The molecule has 136 valence electrons. The van der Waals surface area contributed by atoms with Crippen LogP contribution in [0.1, 0.15) is 29.7 Å². The van der Waals surface area contributed by atoms with Crippen LogP contribution in [0.4, 0.5) is 0 Å². The van der Waals surface area contributed by atoms with Gasteiger partial charge in [0.1, 0.15) is 11.4 Å². The van der Waals surface area contributed by atoms with Gasteiger partial charge in [0.05, 0.1) is 11.8 Å². The van der Waals surface area contributed by atoms with Gasteiger partial charge < -0.3 is 5.32 Å². The first-order valence-corrected chi connectivity index (χ1v) is 10.5. The third kappa shape index (κ3) is 3.93. The summed E-state index contributed by atoms with van der Waals surface area (Å²) >= 11 is 1.90. The Balaban J connectivity index is 1.55. The molecule has 3 aromatic carbocycles. The third-order valence-corrected chi connectivity index (χ3v) is 6.10. The summed E-state index contributed by atoms with van der Waals surface area (Å²) in [7, 11) is 0. The number of amidine groups is 1. The molecule has 4 rings (SSSR count). The van der Waals surface area contributed by atoms with Crippen molar-refractivity contribution >= 4 is 17.6 Å².